The molecule has 2 aromatic carbocycles. The van der Waals surface area contributed by atoms with E-state index >= 15 is 0 Å². The Morgan fingerprint density at radius 1 is 0.302 bits per heavy atom. The molecule has 0 amide bonds. The normalized spacial score (nSPS) is 14.7. The fourth-order valence-electron chi connectivity index (χ4n) is 10.1. The molecule has 476 valence electrons. The number of aliphatic hydroxyl groups excluding tert-OH is 1. The highest BCUT2D eigenvalue weighted by atomic mass is 32.2. The summed E-state index contributed by atoms with van der Waals surface area (Å²) >= 11 is 4.00. The van der Waals surface area contributed by atoms with Crippen LogP contribution in [0, 0.1) is 0 Å². The lowest BCUT2D eigenvalue weighted by Crippen LogP contribution is -2.02. The van der Waals surface area contributed by atoms with E-state index in [1.807, 2.05) is 29.6 Å². The van der Waals surface area contributed by atoms with Crippen molar-refractivity contribution in [3.8, 4) is 0 Å². The van der Waals surface area contributed by atoms with Crippen molar-refractivity contribution in [1.82, 2.24) is 0 Å². The van der Waals surface area contributed by atoms with Crippen LogP contribution >= 0.6 is 23.5 Å². The van der Waals surface area contributed by atoms with Crippen LogP contribution in [-0.4, -0.2) is 22.2 Å². The molecular weight excluding hydrogens is 1080 g/mol. The second kappa shape index (κ2) is 51.4. The summed E-state index contributed by atoms with van der Waals surface area (Å²) in [6, 6.07) is 21.8. The van der Waals surface area contributed by atoms with Gasteiger partial charge in [0, 0.05) is 20.3 Å². The highest BCUT2D eigenvalue weighted by Crippen LogP contribution is 2.32. The van der Waals surface area contributed by atoms with Crippen molar-refractivity contribution in [3.05, 3.63) is 224 Å². The molecule has 0 aliphatic heterocycles. The van der Waals surface area contributed by atoms with Gasteiger partial charge in [0.05, 0.1) is 6.61 Å². The lowest BCUT2D eigenvalue weighted by molar-refractivity contribution is 0.341. The number of hydrogen-bond donors (Lipinski definition) is 1. The zero-order valence-electron chi connectivity index (χ0n) is 58.2. The minimum atomic E-state index is 0.152. The second-order valence-electron chi connectivity index (χ2n) is 25.4. The first-order valence-corrected chi connectivity index (χ1v) is 35.1. The van der Waals surface area contributed by atoms with E-state index in [0.717, 1.165) is 103 Å². The second-order valence-corrected chi connectivity index (χ2v) is 28.0. The number of allylic oxidation sites excluding steroid dienone is 25. The molecule has 0 heterocycles. The molecule has 0 saturated carbocycles. The largest absolute Gasteiger partial charge is 0.392 e. The number of hydrogen-bond acceptors (Lipinski definition) is 3. The van der Waals surface area contributed by atoms with E-state index in [9.17, 15) is 0 Å². The summed E-state index contributed by atoms with van der Waals surface area (Å²) in [6.07, 6.45) is 59.6. The predicted molar refractivity (Wildman–Crippen MR) is 395 cm³/mol. The van der Waals surface area contributed by atoms with Crippen molar-refractivity contribution in [2.24, 2.45) is 0 Å². The summed E-state index contributed by atoms with van der Waals surface area (Å²) in [7, 11) is 0. The predicted octanol–water partition coefficient (Wildman–Crippen LogP) is 27.6. The maximum Gasteiger partial charge on any atom is 0.0614 e. The van der Waals surface area contributed by atoms with Gasteiger partial charge in [0.15, 0.2) is 0 Å². The van der Waals surface area contributed by atoms with E-state index in [4.69, 9.17) is 5.11 Å². The molecule has 0 aliphatic carbocycles. The van der Waals surface area contributed by atoms with Gasteiger partial charge in [0.25, 0.3) is 0 Å². The first-order chi connectivity index (χ1) is 41.2. The molecule has 0 spiro atoms. The maximum atomic E-state index is 8.93. The lowest BCUT2D eigenvalue weighted by atomic mass is 10.0. The van der Waals surface area contributed by atoms with Crippen molar-refractivity contribution in [1.29, 1.82) is 0 Å². The molecule has 0 aromatic heterocycles. The van der Waals surface area contributed by atoms with Gasteiger partial charge in [-0.05, 0) is 283 Å². The van der Waals surface area contributed by atoms with Crippen molar-refractivity contribution in [3.63, 3.8) is 0 Å². The van der Waals surface area contributed by atoms with Crippen LogP contribution in [0.15, 0.2) is 234 Å². The van der Waals surface area contributed by atoms with Crippen LogP contribution in [0.1, 0.15) is 265 Å². The van der Waals surface area contributed by atoms with E-state index < -0.39 is 0 Å². The Morgan fingerprint density at radius 3 is 0.791 bits per heavy atom. The van der Waals surface area contributed by atoms with Crippen LogP contribution in [0.3, 0.4) is 0 Å². The number of benzene rings is 2. The minimum absolute atomic E-state index is 0.152. The molecule has 0 aliphatic rings. The molecule has 0 radical (unpaired) electrons. The van der Waals surface area contributed by atoms with Crippen molar-refractivity contribution in [2.45, 2.75) is 286 Å². The van der Waals surface area contributed by atoms with Crippen LogP contribution in [0.5, 0.6) is 0 Å². The summed E-state index contributed by atoms with van der Waals surface area (Å²) in [5, 5.41) is 9.81. The number of aliphatic hydroxyl groups is 1. The molecule has 2 atom stereocenters. The van der Waals surface area contributed by atoms with Crippen molar-refractivity contribution >= 4 is 23.5 Å². The fraction of sp³-hybridized carbons (Fsp3) is 0.518. The summed E-state index contributed by atoms with van der Waals surface area (Å²) in [4.78, 5) is 2.70. The van der Waals surface area contributed by atoms with Crippen LogP contribution in [0.2, 0.25) is 0 Å². The molecule has 0 bridgehead atoms. The monoisotopic (exact) mass is 1200 g/mol. The van der Waals surface area contributed by atoms with Gasteiger partial charge in [-0.15, -0.1) is 23.5 Å². The lowest BCUT2D eigenvalue weighted by Gasteiger charge is -2.16. The minimum Gasteiger partial charge on any atom is -0.392 e. The van der Waals surface area contributed by atoms with Gasteiger partial charge >= 0.3 is 0 Å². The Bertz CT molecular complexity index is 2600. The first-order valence-electron chi connectivity index (χ1n) is 33.4. The Balaban J connectivity index is 0.000000910. The molecule has 0 fully saturated rings. The quantitative estimate of drug-likeness (QED) is 0.0528. The average molecular weight is 1200 g/mol. The Hall–Kier alpha value is -4.54. The standard InChI is InChI=1S/C48H68S2.C35H58O/c1-10-21-39(4)24-18-26-41(6)34-47(49-45-30-13-11-14-31-45)36-43(8)28-20-29-44(9)37-48(50-46-32-15-12-16-33-46)35-42(7)27-19-25-40(5)23-17-22-38(2)3;1-29(2)15-9-16-30(3)17-10-18-31(4)19-11-20-32(5)21-12-22-33(6)23-13-24-34(7)25-14-26-35(8)27-28-36/h11-16,21-22,25-26,29-33,35-36,47-48H,10,17-20,23-24,27-28,34,37H2,1-9H3;15,17,19,21,23,25,27,36H,9-14,16,18,20,22,24,26,28H2,1-8H3/b39-21+,40-25+,41-26+,42-35+,43-36+,44-29+;30-17+,31-19+,32-21+,33-23+,34-25+,35-27+. The van der Waals surface area contributed by atoms with E-state index in [-0.39, 0.29) is 6.61 Å². The highest BCUT2D eigenvalue weighted by Gasteiger charge is 2.12. The van der Waals surface area contributed by atoms with E-state index in [1.165, 1.54) is 133 Å². The van der Waals surface area contributed by atoms with Crippen LogP contribution in [-0.2, 0) is 0 Å². The summed E-state index contributed by atoms with van der Waals surface area (Å²) < 4.78 is 0. The topological polar surface area (TPSA) is 20.2 Å². The smallest absolute Gasteiger partial charge is 0.0614 e. The van der Waals surface area contributed by atoms with E-state index in [2.05, 4.69) is 257 Å². The van der Waals surface area contributed by atoms with Gasteiger partial charge < -0.3 is 5.11 Å². The summed E-state index contributed by atoms with van der Waals surface area (Å²) in [5.74, 6) is 0. The Morgan fingerprint density at radius 2 is 0.535 bits per heavy atom. The van der Waals surface area contributed by atoms with Crippen LogP contribution in [0.25, 0.3) is 0 Å². The fourth-order valence-corrected chi connectivity index (χ4v) is 12.7. The number of rotatable bonds is 42. The van der Waals surface area contributed by atoms with Gasteiger partial charge in [-0.25, -0.2) is 0 Å². The SMILES string of the molecule is CC(C)=CCC/C(C)=C/CC/C(C)=C/CC/C(C)=C/CC/C(C)=C/CC/C(C)=C/CC/C(C)=C/CO.CC/C=C(\C)CC/C=C(\C)CC(/C=C(\C)CC/C=C(\C)CC(/C=C(\C)CC/C=C(\C)CCC=C(C)C)Sc1ccccc1)Sc1ccccc1. The molecule has 0 saturated heterocycles. The Kier molecular flexibility index (Phi) is 47.5. The maximum absolute atomic E-state index is 8.93. The molecular formula is C83H126OS2. The average Bonchev–Trinajstić information content (AvgIpc) is 3.48. The van der Waals surface area contributed by atoms with Crippen LogP contribution in [0.4, 0.5) is 0 Å². The van der Waals surface area contributed by atoms with Gasteiger partial charge in [-0.1, -0.05) is 206 Å². The first kappa shape index (κ1) is 79.5. The molecule has 1 N–H and O–H groups in total. The third kappa shape index (κ3) is 47.5. The molecule has 2 aromatic rings. The third-order valence-corrected chi connectivity index (χ3v) is 17.8. The molecule has 2 rings (SSSR count). The van der Waals surface area contributed by atoms with Gasteiger partial charge in [-0.3, -0.25) is 0 Å². The third-order valence-electron chi connectivity index (χ3n) is 15.5. The summed E-state index contributed by atoms with van der Waals surface area (Å²) in [5.41, 5.74) is 20.6. The Labute approximate surface area is 541 Å². The van der Waals surface area contributed by atoms with Gasteiger partial charge in [-0.2, -0.15) is 0 Å². The number of thioether (sulfide) groups is 2. The van der Waals surface area contributed by atoms with Gasteiger partial charge in [0.1, 0.15) is 0 Å². The molecule has 2 unspecified atom stereocenters. The van der Waals surface area contributed by atoms with E-state index in [0.29, 0.717) is 10.5 Å². The molecule has 3 heteroatoms. The zero-order chi connectivity index (χ0) is 63.7. The molecule has 86 heavy (non-hydrogen) atoms. The molecule has 1 nitrogen and oxygen atoms in total. The summed E-state index contributed by atoms with van der Waals surface area (Å²) in [6.45, 7) is 38.4. The van der Waals surface area contributed by atoms with Crippen molar-refractivity contribution < 1.29 is 5.11 Å². The van der Waals surface area contributed by atoms with Gasteiger partial charge in [0.2, 0.25) is 0 Å². The van der Waals surface area contributed by atoms with Crippen LogP contribution < -0.4 is 0 Å². The van der Waals surface area contributed by atoms with E-state index in [1.54, 1.807) is 0 Å². The highest BCUT2D eigenvalue weighted by molar-refractivity contribution is 8.00. The van der Waals surface area contributed by atoms with Crippen molar-refractivity contribution in [2.75, 3.05) is 6.61 Å². The zero-order valence-corrected chi connectivity index (χ0v) is 59.9.